The van der Waals surface area contributed by atoms with Gasteiger partial charge in [-0.05, 0) is 49.2 Å². The number of carbonyl (C=O) groups is 2. The van der Waals surface area contributed by atoms with E-state index in [1.807, 2.05) is 32.0 Å². The summed E-state index contributed by atoms with van der Waals surface area (Å²) in [5, 5.41) is 5.83. The fourth-order valence-electron chi connectivity index (χ4n) is 2.62. The first-order valence-electron chi connectivity index (χ1n) is 8.64. The van der Waals surface area contributed by atoms with Crippen molar-refractivity contribution in [2.24, 2.45) is 0 Å². The van der Waals surface area contributed by atoms with Gasteiger partial charge in [0.15, 0.2) is 0 Å². The van der Waals surface area contributed by atoms with E-state index in [0.29, 0.717) is 11.6 Å². The molecule has 142 valence electrons. The van der Waals surface area contributed by atoms with Gasteiger partial charge in [0.2, 0.25) is 5.95 Å². The number of benzene rings is 2. The number of amides is 1. The van der Waals surface area contributed by atoms with E-state index < -0.39 is 11.9 Å². The number of carbonyl (C=O) groups excluding carboxylic acids is 2. The summed E-state index contributed by atoms with van der Waals surface area (Å²) in [4.78, 5) is 32.9. The van der Waals surface area contributed by atoms with Crippen molar-refractivity contribution in [3.63, 3.8) is 0 Å². The molecule has 1 aromatic heterocycles. The Morgan fingerprint density at radius 3 is 2.50 bits per heavy atom. The molecule has 0 aliphatic carbocycles. The van der Waals surface area contributed by atoms with Crippen molar-refractivity contribution >= 4 is 29.2 Å². The summed E-state index contributed by atoms with van der Waals surface area (Å²) >= 11 is 0. The molecule has 0 spiro atoms. The molecule has 7 heteroatoms. The van der Waals surface area contributed by atoms with Crippen LogP contribution in [0, 0.1) is 13.8 Å². The summed E-state index contributed by atoms with van der Waals surface area (Å²) in [7, 11) is 1.29. The minimum Gasteiger partial charge on any atom is -0.465 e. The third kappa shape index (κ3) is 4.15. The predicted octanol–water partition coefficient (Wildman–Crippen LogP) is 3.88. The molecule has 0 aliphatic heterocycles. The first kappa shape index (κ1) is 19.0. The van der Waals surface area contributed by atoms with Crippen molar-refractivity contribution < 1.29 is 14.3 Å². The van der Waals surface area contributed by atoms with Crippen LogP contribution in [0.4, 0.5) is 17.3 Å². The van der Waals surface area contributed by atoms with Gasteiger partial charge in [-0.15, -0.1) is 0 Å². The van der Waals surface area contributed by atoms with Crippen LogP contribution in [0.25, 0.3) is 0 Å². The van der Waals surface area contributed by atoms with Crippen LogP contribution >= 0.6 is 0 Å². The van der Waals surface area contributed by atoms with Crippen LogP contribution in [-0.2, 0) is 4.74 Å². The number of nitrogens with one attached hydrogen (secondary N) is 2. The van der Waals surface area contributed by atoms with E-state index in [2.05, 4.69) is 20.6 Å². The zero-order valence-corrected chi connectivity index (χ0v) is 15.8. The third-order valence-electron chi connectivity index (χ3n) is 4.32. The molecule has 0 radical (unpaired) electrons. The maximum absolute atomic E-state index is 12.6. The second-order valence-corrected chi connectivity index (χ2v) is 6.13. The normalized spacial score (nSPS) is 10.2. The molecule has 0 aliphatic rings. The highest BCUT2D eigenvalue weighted by Gasteiger charge is 2.15. The van der Waals surface area contributed by atoms with Gasteiger partial charge in [0.1, 0.15) is 5.69 Å². The van der Waals surface area contributed by atoms with E-state index in [4.69, 9.17) is 4.74 Å². The third-order valence-corrected chi connectivity index (χ3v) is 4.32. The lowest BCUT2D eigenvalue weighted by atomic mass is 10.1. The van der Waals surface area contributed by atoms with Crippen molar-refractivity contribution in [3.8, 4) is 0 Å². The molecule has 0 unspecified atom stereocenters. The fourth-order valence-corrected chi connectivity index (χ4v) is 2.62. The number of methoxy groups -OCH3 is 1. The number of hydrogen-bond acceptors (Lipinski definition) is 6. The van der Waals surface area contributed by atoms with Crippen LogP contribution in [0.5, 0.6) is 0 Å². The number of para-hydroxylation sites is 1. The molecular formula is C21H20N4O3. The number of anilines is 3. The van der Waals surface area contributed by atoms with Crippen molar-refractivity contribution in [1.82, 2.24) is 9.97 Å². The standard InChI is InChI=1S/C21H20N4O3/c1-13-7-6-10-16(14(13)2)24-21-22-12-11-18(25-21)19(26)23-17-9-5-4-8-15(17)20(27)28-3/h4-12H,1-3H3,(H,23,26)(H,22,24,25). The summed E-state index contributed by atoms with van der Waals surface area (Å²) in [5.41, 5.74) is 3.87. The number of hydrogen-bond donors (Lipinski definition) is 2. The number of ether oxygens (including phenoxy) is 1. The monoisotopic (exact) mass is 376 g/mol. The quantitative estimate of drug-likeness (QED) is 0.657. The van der Waals surface area contributed by atoms with Gasteiger partial charge in [0.25, 0.3) is 5.91 Å². The van der Waals surface area contributed by atoms with Gasteiger partial charge in [0, 0.05) is 11.9 Å². The Hall–Kier alpha value is -3.74. The van der Waals surface area contributed by atoms with E-state index in [9.17, 15) is 9.59 Å². The lowest BCUT2D eigenvalue weighted by molar-refractivity contribution is 0.0602. The highest BCUT2D eigenvalue weighted by molar-refractivity contribution is 6.07. The first-order valence-corrected chi connectivity index (χ1v) is 8.64. The molecular weight excluding hydrogens is 356 g/mol. The Labute approximate surface area is 162 Å². The smallest absolute Gasteiger partial charge is 0.339 e. The summed E-state index contributed by atoms with van der Waals surface area (Å²) < 4.78 is 4.74. The van der Waals surface area contributed by atoms with Gasteiger partial charge in [-0.3, -0.25) is 4.79 Å². The van der Waals surface area contributed by atoms with Crippen LogP contribution in [0.2, 0.25) is 0 Å². The summed E-state index contributed by atoms with van der Waals surface area (Å²) in [6, 6.07) is 14.0. The zero-order chi connectivity index (χ0) is 20.1. The second kappa shape index (κ2) is 8.30. The van der Waals surface area contributed by atoms with E-state index in [1.54, 1.807) is 24.3 Å². The Morgan fingerprint density at radius 2 is 1.71 bits per heavy atom. The van der Waals surface area contributed by atoms with Crippen molar-refractivity contribution in [3.05, 3.63) is 77.1 Å². The van der Waals surface area contributed by atoms with Crippen LogP contribution < -0.4 is 10.6 Å². The average molecular weight is 376 g/mol. The van der Waals surface area contributed by atoms with Crippen LogP contribution in [0.1, 0.15) is 32.0 Å². The molecule has 1 heterocycles. The molecule has 0 saturated carbocycles. The minimum atomic E-state index is -0.532. The first-order chi connectivity index (χ1) is 13.5. The van der Waals surface area contributed by atoms with E-state index >= 15 is 0 Å². The van der Waals surface area contributed by atoms with Gasteiger partial charge in [-0.2, -0.15) is 0 Å². The maximum Gasteiger partial charge on any atom is 0.339 e. The predicted molar refractivity (Wildman–Crippen MR) is 107 cm³/mol. The van der Waals surface area contributed by atoms with Crippen LogP contribution in [0.3, 0.4) is 0 Å². The summed E-state index contributed by atoms with van der Waals surface area (Å²) in [5.74, 6) is -0.679. The molecule has 0 saturated heterocycles. The lowest BCUT2D eigenvalue weighted by Gasteiger charge is -2.11. The highest BCUT2D eigenvalue weighted by Crippen LogP contribution is 2.21. The van der Waals surface area contributed by atoms with E-state index in [1.165, 1.54) is 19.4 Å². The van der Waals surface area contributed by atoms with Gasteiger partial charge in [-0.1, -0.05) is 24.3 Å². The number of esters is 1. The van der Waals surface area contributed by atoms with Crippen molar-refractivity contribution in [1.29, 1.82) is 0 Å². The Morgan fingerprint density at radius 1 is 0.964 bits per heavy atom. The molecule has 1 amide bonds. The average Bonchev–Trinajstić information content (AvgIpc) is 2.71. The van der Waals surface area contributed by atoms with Gasteiger partial charge < -0.3 is 15.4 Å². The van der Waals surface area contributed by atoms with Crippen molar-refractivity contribution in [2.45, 2.75) is 13.8 Å². The molecule has 2 N–H and O–H groups in total. The van der Waals surface area contributed by atoms with Gasteiger partial charge >= 0.3 is 5.97 Å². The molecule has 2 aromatic carbocycles. The maximum atomic E-state index is 12.6. The Bertz CT molecular complexity index is 1030. The summed E-state index contributed by atoms with van der Waals surface area (Å²) in [6.07, 6.45) is 1.50. The van der Waals surface area contributed by atoms with Crippen LogP contribution in [0.15, 0.2) is 54.7 Å². The SMILES string of the molecule is COC(=O)c1ccccc1NC(=O)c1ccnc(Nc2cccc(C)c2C)n1. The largest absolute Gasteiger partial charge is 0.465 e. The summed E-state index contributed by atoms with van der Waals surface area (Å²) in [6.45, 7) is 4.02. The molecule has 0 atom stereocenters. The molecule has 3 rings (SSSR count). The zero-order valence-electron chi connectivity index (χ0n) is 15.8. The molecule has 7 nitrogen and oxygen atoms in total. The van der Waals surface area contributed by atoms with Gasteiger partial charge in [-0.25, -0.2) is 14.8 Å². The molecule has 0 fully saturated rings. The minimum absolute atomic E-state index is 0.169. The van der Waals surface area contributed by atoms with E-state index in [-0.39, 0.29) is 11.3 Å². The number of rotatable bonds is 5. The van der Waals surface area contributed by atoms with Crippen LogP contribution in [-0.4, -0.2) is 29.0 Å². The van der Waals surface area contributed by atoms with Crippen molar-refractivity contribution in [2.75, 3.05) is 17.7 Å². The topological polar surface area (TPSA) is 93.2 Å². The number of aryl methyl sites for hydroxylation is 1. The molecule has 3 aromatic rings. The highest BCUT2D eigenvalue weighted by atomic mass is 16.5. The van der Waals surface area contributed by atoms with E-state index in [0.717, 1.165) is 16.8 Å². The Balaban J connectivity index is 1.82. The Kier molecular flexibility index (Phi) is 5.64. The second-order valence-electron chi connectivity index (χ2n) is 6.13. The fraction of sp³-hybridized carbons (Fsp3) is 0.143. The molecule has 28 heavy (non-hydrogen) atoms. The van der Waals surface area contributed by atoms with Gasteiger partial charge in [0.05, 0.1) is 18.4 Å². The number of aromatic nitrogens is 2. The number of nitrogens with zero attached hydrogens (tertiary/aromatic N) is 2. The molecule has 0 bridgehead atoms. The lowest BCUT2D eigenvalue weighted by Crippen LogP contribution is -2.17.